The minimum atomic E-state index is -0.196. The van der Waals surface area contributed by atoms with Crippen LogP contribution in [0.15, 0.2) is 24.3 Å². The lowest BCUT2D eigenvalue weighted by molar-refractivity contribution is 0.0478. The fourth-order valence-corrected chi connectivity index (χ4v) is 2.73. The second-order valence-electron chi connectivity index (χ2n) is 4.79. The van der Waals surface area contributed by atoms with Gasteiger partial charge < -0.3 is 4.74 Å². The molecule has 0 spiro atoms. The molecule has 1 aliphatic rings. The van der Waals surface area contributed by atoms with Crippen LogP contribution in [-0.2, 0) is 4.74 Å². The SMILES string of the molecule is CC1CCC(CC(CCl)c2cccc(F)c2)O1. The van der Waals surface area contributed by atoms with Crippen molar-refractivity contribution in [1.82, 2.24) is 0 Å². The first-order valence-corrected chi connectivity index (χ1v) is 6.69. The van der Waals surface area contributed by atoms with Gasteiger partial charge in [-0.1, -0.05) is 12.1 Å². The molecule has 0 saturated carbocycles. The number of alkyl halides is 1. The van der Waals surface area contributed by atoms with Crippen molar-refractivity contribution < 1.29 is 9.13 Å². The molecule has 3 heteroatoms. The van der Waals surface area contributed by atoms with Gasteiger partial charge in [0.1, 0.15) is 5.82 Å². The van der Waals surface area contributed by atoms with Crippen molar-refractivity contribution in [2.45, 2.75) is 44.3 Å². The van der Waals surface area contributed by atoms with E-state index >= 15 is 0 Å². The first-order valence-electron chi connectivity index (χ1n) is 6.16. The van der Waals surface area contributed by atoms with E-state index in [4.69, 9.17) is 16.3 Å². The van der Waals surface area contributed by atoms with E-state index in [2.05, 4.69) is 6.92 Å². The Hall–Kier alpha value is -0.600. The smallest absolute Gasteiger partial charge is 0.123 e. The lowest BCUT2D eigenvalue weighted by Crippen LogP contribution is -2.14. The summed E-state index contributed by atoms with van der Waals surface area (Å²) >= 11 is 5.99. The molecule has 0 amide bonds. The molecule has 1 fully saturated rings. The van der Waals surface area contributed by atoms with Crippen molar-refractivity contribution in [3.8, 4) is 0 Å². The van der Waals surface area contributed by atoms with E-state index < -0.39 is 0 Å². The van der Waals surface area contributed by atoms with Crippen LogP contribution in [0.5, 0.6) is 0 Å². The van der Waals surface area contributed by atoms with Crippen molar-refractivity contribution in [1.29, 1.82) is 0 Å². The summed E-state index contributed by atoms with van der Waals surface area (Å²) in [5.74, 6) is 0.499. The average molecular weight is 257 g/mol. The molecule has 0 radical (unpaired) electrons. The minimum Gasteiger partial charge on any atom is -0.375 e. The molecule has 1 aliphatic heterocycles. The second kappa shape index (κ2) is 5.83. The summed E-state index contributed by atoms with van der Waals surface area (Å²) in [6.45, 7) is 2.10. The molecule has 1 heterocycles. The van der Waals surface area contributed by atoms with E-state index in [1.165, 1.54) is 6.07 Å². The first kappa shape index (κ1) is 12.8. The fourth-order valence-electron chi connectivity index (χ4n) is 2.42. The largest absolute Gasteiger partial charge is 0.375 e. The zero-order valence-corrected chi connectivity index (χ0v) is 10.8. The third-order valence-electron chi connectivity index (χ3n) is 3.37. The zero-order valence-electron chi connectivity index (χ0n) is 10.0. The third-order valence-corrected chi connectivity index (χ3v) is 3.75. The summed E-state index contributed by atoms with van der Waals surface area (Å²) in [7, 11) is 0. The van der Waals surface area contributed by atoms with Crippen LogP contribution < -0.4 is 0 Å². The van der Waals surface area contributed by atoms with Gasteiger partial charge >= 0.3 is 0 Å². The molecule has 17 heavy (non-hydrogen) atoms. The molecule has 3 atom stereocenters. The number of hydrogen-bond donors (Lipinski definition) is 0. The average Bonchev–Trinajstić information content (AvgIpc) is 2.72. The second-order valence-corrected chi connectivity index (χ2v) is 5.10. The van der Waals surface area contributed by atoms with E-state index in [0.29, 0.717) is 12.0 Å². The molecule has 0 aliphatic carbocycles. The van der Waals surface area contributed by atoms with Crippen LogP contribution in [0.1, 0.15) is 37.7 Å². The summed E-state index contributed by atoms with van der Waals surface area (Å²) in [5.41, 5.74) is 0.975. The third kappa shape index (κ3) is 3.43. The molecule has 1 aromatic carbocycles. The fraction of sp³-hybridized carbons (Fsp3) is 0.571. The number of benzene rings is 1. The maximum Gasteiger partial charge on any atom is 0.123 e. The van der Waals surface area contributed by atoms with Crippen molar-refractivity contribution in [2.75, 3.05) is 5.88 Å². The van der Waals surface area contributed by atoms with Gasteiger partial charge in [0.2, 0.25) is 0 Å². The van der Waals surface area contributed by atoms with Crippen LogP contribution in [0.4, 0.5) is 4.39 Å². The molecule has 0 bridgehead atoms. The topological polar surface area (TPSA) is 9.23 Å². The van der Waals surface area contributed by atoms with Crippen LogP contribution in [0.3, 0.4) is 0 Å². The van der Waals surface area contributed by atoms with E-state index in [-0.39, 0.29) is 17.8 Å². The Labute approximate surface area is 107 Å². The van der Waals surface area contributed by atoms with E-state index in [1.54, 1.807) is 12.1 Å². The van der Waals surface area contributed by atoms with Gasteiger partial charge in [-0.3, -0.25) is 0 Å². The predicted molar refractivity (Wildman–Crippen MR) is 68.0 cm³/mol. The zero-order chi connectivity index (χ0) is 12.3. The molecule has 2 rings (SSSR count). The van der Waals surface area contributed by atoms with Crippen molar-refractivity contribution >= 4 is 11.6 Å². The van der Waals surface area contributed by atoms with E-state index in [9.17, 15) is 4.39 Å². The summed E-state index contributed by atoms with van der Waals surface area (Å²) < 4.78 is 19.0. The summed E-state index contributed by atoms with van der Waals surface area (Å²) in [6, 6.07) is 6.71. The molecule has 3 unspecified atom stereocenters. The number of hydrogen-bond acceptors (Lipinski definition) is 1. The summed E-state index contributed by atoms with van der Waals surface area (Å²) in [5, 5.41) is 0. The number of halogens is 2. The van der Waals surface area contributed by atoms with Crippen molar-refractivity contribution in [3.05, 3.63) is 35.6 Å². The predicted octanol–water partition coefficient (Wildman–Crippen LogP) is 4.11. The van der Waals surface area contributed by atoms with Gasteiger partial charge in [0.05, 0.1) is 12.2 Å². The summed E-state index contributed by atoms with van der Waals surface area (Å²) in [6.07, 6.45) is 3.71. The van der Waals surface area contributed by atoms with Gasteiger partial charge in [-0.25, -0.2) is 4.39 Å². The van der Waals surface area contributed by atoms with Crippen molar-refractivity contribution in [3.63, 3.8) is 0 Å². The Morgan fingerprint density at radius 2 is 2.29 bits per heavy atom. The Morgan fingerprint density at radius 3 is 2.88 bits per heavy atom. The number of ether oxygens (including phenoxy) is 1. The normalized spacial score (nSPS) is 26.1. The van der Waals surface area contributed by atoms with Gasteiger partial charge in [0.15, 0.2) is 0 Å². The molecule has 1 saturated heterocycles. The highest BCUT2D eigenvalue weighted by atomic mass is 35.5. The Balaban J connectivity index is 2.01. The van der Waals surface area contributed by atoms with Crippen LogP contribution >= 0.6 is 11.6 Å². The van der Waals surface area contributed by atoms with E-state index in [1.807, 2.05) is 6.07 Å². The molecule has 1 aromatic rings. The summed E-state index contributed by atoms with van der Waals surface area (Å²) in [4.78, 5) is 0. The number of rotatable bonds is 4. The standard InChI is InChI=1S/C14H18ClFO/c1-10-5-6-14(17-10)8-12(9-15)11-3-2-4-13(16)7-11/h2-4,7,10,12,14H,5-6,8-9H2,1H3. The Morgan fingerprint density at radius 1 is 1.47 bits per heavy atom. The van der Waals surface area contributed by atoms with Crippen LogP contribution in [0, 0.1) is 5.82 Å². The lowest BCUT2D eigenvalue weighted by atomic mass is 9.94. The molecular weight excluding hydrogens is 239 g/mol. The highest BCUT2D eigenvalue weighted by Gasteiger charge is 2.25. The van der Waals surface area contributed by atoms with Crippen LogP contribution in [-0.4, -0.2) is 18.1 Å². The monoisotopic (exact) mass is 256 g/mol. The van der Waals surface area contributed by atoms with Gasteiger partial charge in [0.25, 0.3) is 0 Å². The minimum absolute atomic E-state index is 0.183. The molecular formula is C14H18ClFO. The molecule has 0 N–H and O–H groups in total. The first-order chi connectivity index (χ1) is 8.19. The van der Waals surface area contributed by atoms with Gasteiger partial charge in [-0.15, -0.1) is 11.6 Å². The van der Waals surface area contributed by atoms with Gasteiger partial charge in [-0.2, -0.15) is 0 Å². The van der Waals surface area contributed by atoms with Crippen LogP contribution in [0.25, 0.3) is 0 Å². The molecule has 94 valence electrons. The van der Waals surface area contributed by atoms with Gasteiger partial charge in [0, 0.05) is 5.88 Å². The lowest BCUT2D eigenvalue weighted by Gasteiger charge is -2.19. The maximum absolute atomic E-state index is 13.2. The quantitative estimate of drug-likeness (QED) is 0.737. The van der Waals surface area contributed by atoms with Gasteiger partial charge in [-0.05, 0) is 49.8 Å². The molecule has 0 aromatic heterocycles. The van der Waals surface area contributed by atoms with Crippen LogP contribution in [0.2, 0.25) is 0 Å². The Bertz CT molecular complexity index is 369. The van der Waals surface area contributed by atoms with Crippen molar-refractivity contribution in [2.24, 2.45) is 0 Å². The molecule has 1 nitrogen and oxygen atoms in total. The Kier molecular flexibility index (Phi) is 4.41. The van der Waals surface area contributed by atoms with E-state index in [0.717, 1.165) is 24.8 Å². The maximum atomic E-state index is 13.2. The highest BCUT2D eigenvalue weighted by Crippen LogP contribution is 2.30. The highest BCUT2D eigenvalue weighted by molar-refractivity contribution is 6.18.